The van der Waals surface area contributed by atoms with Crippen LogP contribution in [0.3, 0.4) is 0 Å². The van der Waals surface area contributed by atoms with Crippen LogP contribution in [-0.2, 0) is 11.4 Å². The molecule has 0 unspecified atom stereocenters. The summed E-state index contributed by atoms with van der Waals surface area (Å²) in [5, 5.41) is 1.89. The van der Waals surface area contributed by atoms with Gasteiger partial charge in [-0.05, 0) is 54.9 Å². The molecule has 2 aromatic rings. The largest absolute Gasteiger partial charge is 0.490 e. The lowest BCUT2D eigenvalue weighted by atomic mass is 10.1. The zero-order chi connectivity index (χ0) is 18.5. The third kappa shape index (κ3) is 4.46. The molecule has 26 heavy (non-hydrogen) atoms. The minimum atomic E-state index is -0.377. The lowest BCUT2D eigenvalue weighted by molar-refractivity contribution is -0.115. The Bertz CT molecular complexity index is 876. The summed E-state index contributed by atoms with van der Waals surface area (Å²) in [7, 11) is 0. The van der Waals surface area contributed by atoms with Gasteiger partial charge in [0, 0.05) is 0 Å². The van der Waals surface area contributed by atoms with Gasteiger partial charge in [-0.3, -0.25) is 14.9 Å². The van der Waals surface area contributed by atoms with Crippen LogP contribution in [-0.4, -0.2) is 17.8 Å². The molecule has 0 saturated carbocycles. The Morgan fingerprint density at radius 3 is 2.62 bits per heavy atom. The Morgan fingerprint density at radius 2 is 1.92 bits per heavy atom. The van der Waals surface area contributed by atoms with Crippen LogP contribution in [0.5, 0.6) is 11.5 Å². The number of aryl methyl sites for hydroxylation is 1. The number of thioether (sulfide) groups is 1. The van der Waals surface area contributed by atoms with Crippen molar-refractivity contribution in [3.8, 4) is 11.5 Å². The van der Waals surface area contributed by atoms with Crippen molar-refractivity contribution in [3.63, 3.8) is 0 Å². The summed E-state index contributed by atoms with van der Waals surface area (Å²) in [6.07, 6.45) is 1.66. The number of imide groups is 1. The van der Waals surface area contributed by atoms with Crippen LogP contribution < -0.4 is 14.8 Å². The summed E-state index contributed by atoms with van der Waals surface area (Å²) < 4.78 is 11.6. The average molecular weight is 369 g/mol. The average Bonchev–Trinajstić information content (AvgIpc) is 2.92. The molecular weight excluding hydrogens is 350 g/mol. The third-order valence-electron chi connectivity index (χ3n) is 3.68. The second kappa shape index (κ2) is 8.10. The molecule has 134 valence electrons. The zero-order valence-electron chi connectivity index (χ0n) is 14.6. The van der Waals surface area contributed by atoms with E-state index in [4.69, 9.17) is 9.47 Å². The molecule has 6 heteroatoms. The SMILES string of the molecule is CCOc1cc(/C=C2\SC(=O)NC2=O)ccc1OCc1cccc(C)c1. The third-order valence-corrected chi connectivity index (χ3v) is 4.49. The molecule has 2 amide bonds. The maximum atomic E-state index is 11.7. The van der Waals surface area contributed by atoms with Gasteiger partial charge >= 0.3 is 0 Å². The molecule has 0 radical (unpaired) electrons. The van der Waals surface area contributed by atoms with Crippen LogP contribution in [0.4, 0.5) is 4.79 Å². The Hall–Kier alpha value is -2.73. The first-order valence-corrected chi connectivity index (χ1v) is 9.07. The van der Waals surface area contributed by atoms with Crippen molar-refractivity contribution < 1.29 is 19.1 Å². The van der Waals surface area contributed by atoms with E-state index in [1.807, 2.05) is 44.2 Å². The maximum absolute atomic E-state index is 11.7. The van der Waals surface area contributed by atoms with Crippen LogP contribution in [0.2, 0.25) is 0 Å². The summed E-state index contributed by atoms with van der Waals surface area (Å²) in [5.74, 6) is 0.858. The summed E-state index contributed by atoms with van der Waals surface area (Å²) in [6, 6.07) is 13.6. The molecule has 0 bridgehead atoms. The van der Waals surface area contributed by atoms with E-state index in [2.05, 4.69) is 11.4 Å². The number of carbonyl (C=O) groups excluding carboxylic acids is 2. The van der Waals surface area contributed by atoms with E-state index in [9.17, 15) is 9.59 Å². The molecule has 1 fully saturated rings. The maximum Gasteiger partial charge on any atom is 0.290 e. The first-order valence-electron chi connectivity index (χ1n) is 8.25. The standard InChI is InChI=1S/C20H19NO4S/c1-3-24-17-10-14(11-18-19(22)21-20(23)26-18)7-8-16(17)25-12-15-6-4-5-13(2)9-15/h4-11H,3,12H2,1-2H3,(H,21,22,23)/b18-11-. The van der Waals surface area contributed by atoms with Gasteiger partial charge in [0.2, 0.25) is 0 Å². The predicted octanol–water partition coefficient (Wildman–Crippen LogP) is 4.30. The molecule has 1 aliphatic rings. The topological polar surface area (TPSA) is 64.6 Å². The summed E-state index contributed by atoms with van der Waals surface area (Å²) in [4.78, 5) is 23.3. The smallest absolute Gasteiger partial charge is 0.290 e. The molecular formula is C20H19NO4S. The minimum absolute atomic E-state index is 0.357. The summed E-state index contributed by atoms with van der Waals surface area (Å²) in [5.41, 5.74) is 3.03. The van der Waals surface area contributed by atoms with Crippen molar-refractivity contribution in [1.29, 1.82) is 0 Å². The lowest BCUT2D eigenvalue weighted by Crippen LogP contribution is -2.17. The summed E-state index contributed by atoms with van der Waals surface area (Å²) in [6.45, 7) is 4.87. The molecule has 1 heterocycles. The first kappa shape index (κ1) is 18.1. The van der Waals surface area contributed by atoms with Crippen molar-refractivity contribution in [3.05, 3.63) is 64.1 Å². The van der Waals surface area contributed by atoms with Crippen LogP contribution in [0.25, 0.3) is 6.08 Å². The van der Waals surface area contributed by atoms with Gasteiger partial charge in [0.15, 0.2) is 11.5 Å². The monoisotopic (exact) mass is 369 g/mol. The van der Waals surface area contributed by atoms with Gasteiger partial charge in [0.05, 0.1) is 11.5 Å². The van der Waals surface area contributed by atoms with E-state index >= 15 is 0 Å². The molecule has 0 aromatic heterocycles. The highest BCUT2D eigenvalue weighted by Crippen LogP contribution is 2.32. The normalized spacial score (nSPS) is 15.2. The fourth-order valence-corrected chi connectivity index (χ4v) is 3.22. The predicted molar refractivity (Wildman–Crippen MR) is 102 cm³/mol. The van der Waals surface area contributed by atoms with Gasteiger partial charge in [0.25, 0.3) is 11.1 Å². The number of hydrogen-bond acceptors (Lipinski definition) is 5. The molecule has 1 N–H and O–H groups in total. The van der Waals surface area contributed by atoms with Gasteiger partial charge in [0.1, 0.15) is 6.61 Å². The lowest BCUT2D eigenvalue weighted by Gasteiger charge is -2.13. The van der Waals surface area contributed by atoms with E-state index in [0.717, 1.165) is 22.9 Å². The molecule has 1 aliphatic heterocycles. The Labute approximate surface area is 156 Å². The Morgan fingerprint density at radius 1 is 1.08 bits per heavy atom. The van der Waals surface area contributed by atoms with E-state index in [1.165, 1.54) is 5.56 Å². The highest BCUT2D eigenvalue weighted by Gasteiger charge is 2.25. The summed E-state index contributed by atoms with van der Waals surface area (Å²) >= 11 is 0.890. The van der Waals surface area contributed by atoms with Gasteiger partial charge in [-0.15, -0.1) is 0 Å². The Balaban J connectivity index is 1.79. The second-order valence-corrected chi connectivity index (χ2v) is 6.78. The first-order chi connectivity index (χ1) is 12.5. The molecule has 3 rings (SSSR count). The number of ether oxygens (including phenoxy) is 2. The van der Waals surface area contributed by atoms with Gasteiger partial charge in [-0.25, -0.2) is 0 Å². The van der Waals surface area contributed by atoms with Crippen LogP contribution in [0.15, 0.2) is 47.4 Å². The Kier molecular flexibility index (Phi) is 5.63. The van der Waals surface area contributed by atoms with E-state index < -0.39 is 0 Å². The molecule has 0 atom stereocenters. The number of nitrogens with one attached hydrogen (secondary N) is 1. The minimum Gasteiger partial charge on any atom is -0.490 e. The van der Waals surface area contributed by atoms with Gasteiger partial charge in [-0.1, -0.05) is 35.9 Å². The van der Waals surface area contributed by atoms with E-state index in [-0.39, 0.29) is 11.1 Å². The number of hydrogen-bond donors (Lipinski definition) is 1. The van der Waals surface area contributed by atoms with Crippen molar-refractivity contribution >= 4 is 29.0 Å². The van der Waals surface area contributed by atoms with Crippen molar-refractivity contribution in [2.24, 2.45) is 0 Å². The fraction of sp³-hybridized carbons (Fsp3) is 0.200. The van der Waals surface area contributed by atoms with Crippen molar-refractivity contribution in [2.75, 3.05) is 6.61 Å². The van der Waals surface area contributed by atoms with Crippen LogP contribution >= 0.6 is 11.8 Å². The van der Waals surface area contributed by atoms with Gasteiger partial charge in [-0.2, -0.15) is 0 Å². The van der Waals surface area contributed by atoms with E-state index in [0.29, 0.717) is 29.6 Å². The quantitative estimate of drug-likeness (QED) is 0.769. The fourth-order valence-electron chi connectivity index (χ4n) is 2.54. The van der Waals surface area contributed by atoms with Gasteiger partial charge < -0.3 is 9.47 Å². The number of rotatable bonds is 6. The van der Waals surface area contributed by atoms with Crippen LogP contribution in [0, 0.1) is 6.92 Å². The number of benzene rings is 2. The molecule has 2 aromatic carbocycles. The molecule has 1 saturated heterocycles. The number of carbonyl (C=O) groups is 2. The number of amides is 2. The second-order valence-electron chi connectivity index (χ2n) is 5.77. The molecule has 5 nitrogen and oxygen atoms in total. The molecule has 0 aliphatic carbocycles. The van der Waals surface area contributed by atoms with Crippen molar-refractivity contribution in [2.45, 2.75) is 20.5 Å². The van der Waals surface area contributed by atoms with Crippen molar-refractivity contribution in [1.82, 2.24) is 5.32 Å². The highest BCUT2D eigenvalue weighted by atomic mass is 32.2. The van der Waals surface area contributed by atoms with Crippen LogP contribution in [0.1, 0.15) is 23.6 Å². The molecule has 0 spiro atoms. The zero-order valence-corrected chi connectivity index (χ0v) is 15.4. The highest BCUT2D eigenvalue weighted by molar-refractivity contribution is 8.18. The van der Waals surface area contributed by atoms with E-state index in [1.54, 1.807) is 12.1 Å².